The fraction of sp³-hybridized carbons (Fsp3) is 0.308. The van der Waals surface area contributed by atoms with E-state index in [9.17, 15) is 0 Å². The fourth-order valence-corrected chi connectivity index (χ4v) is 2.16. The number of aromatic nitrogens is 2. The van der Waals surface area contributed by atoms with Gasteiger partial charge in [-0.25, -0.2) is 9.97 Å². The second-order valence-corrected chi connectivity index (χ2v) is 4.64. The minimum Gasteiger partial charge on any atom is -0.471 e. The SMILES string of the molecule is N#Cc1cc2cnc(Cl)cc2c(O[C@@H]2CCOC2)n1. The Balaban J connectivity index is 2.08. The highest BCUT2D eigenvalue weighted by atomic mass is 35.5. The third-order valence-corrected chi connectivity index (χ3v) is 3.13. The minimum atomic E-state index is -0.0309. The predicted molar refractivity (Wildman–Crippen MR) is 69.1 cm³/mol. The Labute approximate surface area is 114 Å². The molecule has 0 saturated carbocycles. The van der Waals surface area contributed by atoms with Gasteiger partial charge >= 0.3 is 0 Å². The van der Waals surface area contributed by atoms with Crippen LogP contribution in [0, 0.1) is 11.3 Å². The van der Waals surface area contributed by atoms with Gasteiger partial charge in [-0.05, 0) is 12.1 Å². The van der Waals surface area contributed by atoms with Gasteiger partial charge in [-0.1, -0.05) is 11.6 Å². The molecule has 0 spiro atoms. The molecule has 96 valence electrons. The van der Waals surface area contributed by atoms with Crippen LogP contribution < -0.4 is 4.74 Å². The number of rotatable bonds is 2. The molecule has 2 aromatic rings. The van der Waals surface area contributed by atoms with Crippen LogP contribution >= 0.6 is 11.6 Å². The summed E-state index contributed by atoms with van der Waals surface area (Å²) in [5, 5.41) is 10.9. The summed E-state index contributed by atoms with van der Waals surface area (Å²) in [5.74, 6) is 0.411. The molecule has 3 heterocycles. The largest absolute Gasteiger partial charge is 0.471 e. The molecule has 1 atom stereocenters. The van der Waals surface area contributed by atoms with Crippen molar-refractivity contribution in [2.45, 2.75) is 12.5 Å². The molecule has 0 amide bonds. The Morgan fingerprint density at radius 3 is 3.11 bits per heavy atom. The third kappa shape index (κ3) is 2.46. The highest BCUT2D eigenvalue weighted by Gasteiger charge is 2.19. The van der Waals surface area contributed by atoms with Crippen molar-refractivity contribution in [3.05, 3.63) is 29.2 Å². The molecule has 2 aromatic heterocycles. The molecule has 5 nitrogen and oxygen atoms in total. The first-order valence-corrected chi connectivity index (χ1v) is 6.25. The van der Waals surface area contributed by atoms with Gasteiger partial charge in [-0.3, -0.25) is 0 Å². The summed E-state index contributed by atoms with van der Waals surface area (Å²) in [6.45, 7) is 1.22. The van der Waals surface area contributed by atoms with Crippen LogP contribution in [-0.2, 0) is 4.74 Å². The molecular weight excluding hydrogens is 266 g/mol. The predicted octanol–water partition coefficient (Wildman–Crippen LogP) is 2.32. The quantitative estimate of drug-likeness (QED) is 0.787. The zero-order chi connectivity index (χ0) is 13.2. The Morgan fingerprint density at radius 1 is 1.47 bits per heavy atom. The fourth-order valence-electron chi connectivity index (χ4n) is 2.00. The molecule has 1 fully saturated rings. The van der Waals surface area contributed by atoms with Crippen LogP contribution in [0.3, 0.4) is 0 Å². The Hall–Kier alpha value is -1.90. The second-order valence-electron chi connectivity index (χ2n) is 4.26. The number of hydrogen-bond acceptors (Lipinski definition) is 5. The molecule has 0 radical (unpaired) electrons. The number of ether oxygens (including phenoxy) is 2. The van der Waals surface area contributed by atoms with Gasteiger partial charge in [0, 0.05) is 23.4 Å². The maximum absolute atomic E-state index is 9.00. The van der Waals surface area contributed by atoms with E-state index in [1.54, 1.807) is 18.3 Å². The van der Waals surface area contributed by atoms with E-state index in [0.717, 1.165) is 17.2 Å². The molecule has 0 aromatic carbocycles. The van der Waals surface area contributed by atoms with Crippen LogP contribution in [0.15, 0.2) is 18.3 Å². The van der Waals surface area contributed by atoms with Gasteiger partial charge in [0.25, 0.3) is 0 Å². The van der Waals surface area contributed by atoms with Crippen LogP contribution in [0.5, 0.6) is 5.88 Å². The van der Waals surface area contributed by atoms with E-state index in [1.165, 1.54) is 0 Å². The van der Waals surface area contributed by atoms with E-state index in [4.69, 9.17) is 26.3 Å². The molecule has 1 aliphatic rings. The minimum absolute atomic E-state index is 0.0309. The van der Waals surface area contributed by atoms with Crippen molar-refractivity contribution in [3.8, 4) is 11.9 Å². The number of fused-ring (bicyclic) bond motifs is 1. The van der Waals surface area contributed by atoms with Crippen molar-refractivity contribution in [2.75, 3.05) is 13.2 Å². The lowest BCUT2D eigenvalue weighted by Gasteiger charge is -2.13. The van der Waals surface area contributed by atoms with Gasteiger partial charge in [0.05, 0.1) is 13.2 Å². The average Bonchev–Trinajstić information content (AvgIpc) is 2.92. The van der Waals surface area contributed by atoms with E-state index in [0.29, 0.717) is 29.9 Å². The van der Waals surface area contributed by atoms with E-state index < -0.39 is 0 Å². The lowest BCUT2D eigenvalue weighted by atomic mass is 10.2. The van der Waals surface area contributed by atoms with Crippen molar-refractivity contribution in [1.82, 2.24) is 9.97 Å². The van der Waals surface area contributed by atoms with Gasteiger partial charge in [0.2, 0.25) is 5.88 Å². The lowest BCUT2D eigenvalue weighted by Crippen LogP contribution is -2.16. The molecule has 6 heteroatoms. The topological polar surface area (TPSA) is 68.0 Å². The lowest BCUT2D eigenvalue weighted by molar-refractivity contribution is 0.139. The molecule has 0 aliphatic carbocycles. The molecule has 0 unspecified atom stereocenters. The first-order valence-electron chi connectivity index (χ1n) is 5.87. The average molecular weight is 276 g/mol. The molecule has 1 aliphatic heterocycles. The van der Waals surface area contributed by atoms with Crippen molar-refractivity contribution in [1.29, 1.82) is 5.26 Å². The van der Waals surface area contributed by atoms with Crippen molar-refractivity contribution < 1.29 is 9.47 Å². The second kappa shape index (κ2) is 5.00. The van der Waals surface area contributed by atoms with Crippen molar-refractivity contribution >= 4 is 22.4 Å². The van der Waals surface area contributed by atoms with Crippen LogP contribution in [0.25, 0.3) is 10.8 Å². The summed E-state index contributed by atoms with van der Waals surface area (Å²) in [5.41, 5.74) is 0.297. The highest BCUT2D eigenvalue weighted by Crippen LogP contribution is 2.27. The van der Waals surface area contributed by atoms with Crippen molar-refractivity contribution in [3.63, 3.8) is 0 Å². The molecule has 3 rings (SSSR count). The van der Waals surface area contributed by atoms with Gasteiger partial charge in [-0.2, -0.15) is 5.26 Å². The number of halogens is 1. The third-order valence-electron chi connectivity index (χ3n) is 2.93. The van der Waals surface area contributed by atoms with Crippen molar-refractivity contribution in [2.24, 2.45) is 0 Å². The first kappa shape index (κ1) is 12.2. The summed E-state index contributed by atoms with van der Waals surface area (Å²) >= 11 is 5.90. The summed E-state index contributed by atoms with van der Waals surface area (Å²) in [6, 6.07) is 5.37. The van der Waals surface area contributed by atoms with E-state index in [-0.39, 0.29) is 6.10 Å². The highest BCUT2D eigenvalue weighted by molar-refractivity contribution is 6.30. The normalized spacial score (nSPS) is 18.4. The standard InChI is InChI=1S/C13H10ClN3O2/c14-12-4-11-8(6-16-12)3-9(5-15)17-13(11)19-10-1-2-18-7-10/h3-4,6,10H,1-2,7H2/t10-/m1/s1. The Morgan fingerprint density at radius 2 is 2.37 bits per heavy atom. The van der Waals surface area contributed by atoms with E-state index in [2.05, 4.69) is 9.97 Å². The molecule has 0 N–H and O–H groups in total. The van der Waals surface area contributed by atoms with Gasteiger partial charge in [0.1, 0.15) is 23.0 Å². The number of nitriles is 1. The summed E-state index contributed by atoms with van der Waals surface area (Å²) in [7, 11) is 0. The number of hydrogen-bond donors (Lipinski definition) is 0. The maximum atomic E-state index is 9.00. The summed E-state index contributed by atoms with van der Waals surface area (Å²) in [4.78, 5) is 8.20. The molecule has 0 bridgehead atoms. The van der Waals surface area contributed by atoms with E-state index in [1.807, 2.05) is 6.07 Å². The molecule has 19 heavy (non-hydrogen) atoms. The molecular formula is C13H10ClN3O2. The zero-order valence-corrected chi connectivity index (χ0v) is 10.7. The zero-order valence-electron chi connectivity index (χ0n) is 9.97. The first-order chi connectivity index (χ1) is 9.26. The Bertz CT molecular complexity index is 663. The van der Waals surface area contributed by atoms with Crippen LogP contribution in [0.4, 0.5) is 0 Å². The van der Waals surface area contributed by atoms with Gasteiger partial charge in [0.15, 0.2) is 0 Å². The van der Waals surface area contributed by atoms with Crippen LogP contribution in [-0.4, -0.2) is 29.3 Å². The summed E-state index contributed by atoms with van der Waals surface area (Å²) in [6.07, 6.45) is 2.40. The Kier molecular flexibility index (Phi) is 3.20. The maximum Gasteiger partial charge on any atom is 0.223 e. The molecule has 1 saturated heterocycles. The van der Waals surface area contributed by atoms with Gasteiger partial charge < -0.3 is 9.47 Å². The van der Waals surface area contributed by atoms with Crippen LogP contribution in [0.2, 0.25) is 5.15 Å². The van der Waals surface area contributed by atoms with Gasteiger partial charge in [-0.15, -0.1) is 0 Å². The monoisotopic (exact) mass is 275 g/mol. The van der Waals surface area contributed by atoms with E-state index >= 15 is 0 Å². The smallest absolute Gasteiger partial charge is 0.223 e. The van der Waals surface area contributed by atoms with Crippen LogP contribution in [0.1, 0.15) is 12.1 Å². The summed E-state index contributed by atoms with van der Waals surface area (Å²) < 4.78 is 11.1. The number of pyridine rings is 2. The number of nitrogens with zero attached hydrogens (tertiary/aromatic N) is 3.